The van der Waals surface area contributed by atoms with Gasteiger partial charge in [0.25, 0.3) is 0 Å². The van der Waals surface area contributed by atoms with E-state index in [0.29, 0.717) is 0 Å². The third kappa shape index (κ3) is 3.58. The molecule has 1 rings (SSSR count). The van der Waals surface area contributed by atoms with Gasteiger partial charge in [-0.1, -0.05) is 6.42 Å². The molecule has 1 fully saturated rings. The van der Waals surface area contributed by atoms with Gasteiger partial charge in [0.05, 0.1) is 4.75 Å². The fourth-order valence-electron chi connectivity index (χ4n) is 1.66. The summed E-state index contributed by atoms with van der Waals surface area (Å²) in [5.41, 5.74) is 0. The highest BCUT2D eigenvalue weighted by molar-refractivity contribution is 14.0. The molecule has 1 aliphatic rings. The van der Waals surface area contributed by atoms with Gasteiger partial charge in [0.15, 0.2) is 5.96 Å². The predicted molar refractivity (Wildman–Crippen MR) is 76.5 cm³/mol. The molecule has 0 aliphatic heterocycles. The van der Waals surface area contributed by atoms with Crippen molar-refractivity contribution in [3.8, 4) is 0 Å². The lowest BCUT2D eigenvalue weighted by atomic mass is 9.84. The first kappa shape index (κ1) is 15.2. The Morgan fingerprint density at radius 3 is 2.40 bits per heavy atom. The van der Waals surface area contributed by atoms with Crippen LogP contribution in [-0.4, -0.2) is 41.8 Å². The van der Waals surface area contributed by atoms with Crippen molar-refractivity contribution < 1.29 is 4.21 Å². The van der Waals surface area contributed by atoms with Crippen LogP contribution in [0.1, 0.15) is 19.3 Å². The van der Waals surface area contributed by atoms with Crippen molar-refractivity contribution in [1.82, 2.24) is 10.6 Å². The molecule has 1 atom stereocenters. The summed E-state index contributed by atoms with van der Waals surface area (Å²) in [4.78, 5) is 4.02. The molecule has 0 aromatic carbocycles. The van der Waals surface area contributed by atoms with Crippen molar-refractivity contribution in [3.05, 3.63) is 0 Å². The van der Waals surface area contributed by atoms with Crippen LogP contribution in [0.2, 0.25) is 0 Å². The topological polar surface area (TPSA) is 53.5 Å². The van der Waals surface area contributed by atoms with Crippen molar-refractivity contribution in [2.24, 2.45) is 4.99 Å². The van der Waals surface area contributed by atoms with Crippen LogP contribution in [0.4, 0.5) is 0 Å². The second-order valence-corrected chi connectivity index (χ2v) is 5.44. The molecular formula is C9H20IN3OS. The minimum absolute atomic E-state index is 0. The van der Waals surface area contributed by atoms with Gasteiger partial charge in [0.1, 0.15) is 0 Å². The number of hydrogen-bond acceptors (Lipinski definition) is 2. The molecule has 0 amide bonds. The zero-order valence-electron chi connectivity index (χ0n) is 9.50. The molecule has 1 aliphatic carbocycles. The Labute approximate surface area is 111 Å². The van der Waals surface area contributed by atoms with Crippen LogP contribution in [-0.2, 0) is 10.8 Å². The van der Waals surface area contributed by atoms with E-state index in [2.05, 4.69) is 15.6 Å². The monoisotopic (exact) mass is 345 g/mol. The van der Waals surface area contributed by atoms with Crippen molar-refractivity contribution in [2.45, 2.75) is 24.0 Å². The van der Waals surface area contributed by atoms with Crippen LogP contribution in [0.25, 0.3) is 0 Å². The van der Waals surface area contributed by atoms with Gasteiger partial charge >= 0.3 is 0 Å². The van der Waals surface area contributed by atoms with Gasteiger partial charge in [-0.05, 0) is 12.8 Å². The molecular weight excluding hydrogens is 325 g/mol. The van der Waals surface area contributed by atoms with Gasteiger partial charge in [0, 0.05) is 37.7 Å². The number of guanidine groups is 1. The van der Waals surface area contributed by atoms with E-state index in [1.165, 1.54) is 6.42 Å². The van der Waals surface area contributed by atoms with Gasteiger partial charge in [-0.3, -0.25) is 9.20 Å². The van der Waals surface area contributed by atoms with Crippen LogP contribution in [0.15, 0.2) is 4.99 Å². The molecule has 90 valence electrons. The molecule has 0 saturated heterocycles. The summed E-state index contributed by atoms with van der Waals surface area (Å²) in [6.07, 6.45) is 5.11. The largest absolute Gasteiger partial charge is 0.359 e. The Kier molecular flexibility index (Phi) is 6.74. The molecule has 0 bridgehead atoms. The highest BCUT2D eigenvalue weighted by Gasteiger charge is 2.40. The summed E-state index contributed by atoms with van der Waals surface area (Å²) in [7, 11) is 2.81. The number of rotatable bonds is 3. The van der Waals surface area contributed by atoms with E-state index in [9.17, 15) is 4.21 Å². The Balaban J connectivity index is 0.00000196. The maximum Gasteiger partial charge on any atom is 0.190 e. The Bertz CT molecular complexity index is 254. The molecule has 15 heavy (non-hydrogen) atoms. The maximum atomic E-state index is 11.5. The molecule has 2 N–H and O–H groups in total. The highest BCUT2D eigenvalue weighted by atomic mass is 127. The van der Waals surface area contributed by atoms with Crippen LogP contribution in [0, 0.1) is 0 Å². The Hall–Kier alpha value is 0.150. The lowest BCUT2D eigenvalue weighted by molar-refractivity contribution is 0.349. The van der Waals surface area contributed by atoms with Gasteiger partial charge in [-0.15, -0.1) is 24.0 Å². The number of nitrogens with zero attached hydrogens (tertiary/aromatic N) is 1. The van der Waals surface area contributed by atoms with Gasteiger partial charge in [-0.25, -0.2) is 0 Å². The van der Waals surface area contributed by atoms with Crippen LogP contribution < -0.4 is 10.6 Å². The van der Waals surface area contributed by atoms with Crippen LogP contribution in [0.5, 0.6) is 0 Å². The summed E-state index contributed by atoms with van der Waals surface area (Å²) in [6, 6.07) is 0. The summed E-state index contributed by atoms with van der Waals surface area (Å²) in [6.45, 7) is 0.754. The zero-order chi connectivity index (χ0) is 10.6. The minimum atomic E-state index is -0.748. The van der Waals surface area contributed by atoms with Crippen LogP contribution in [0.3, 0.4) is 0 Å². The first-order chi connectivity index (χ1) is 6.64. The lowest BCUT2D eigenvalue weighted by Gasteiger charge is -2.40. The second-order valence-electron chi connectivity index (χ2n) is 3.67. The molecule has 0 heterocycles. The minimum Gasteiger partial charge on any atom is -0.359 e. The summed E-state index contributed by atoms with van der Waals surface area (Å²) >= 11 is 0. The van der Waals surface area contributed by atoms with E-state index in [0.717, 1.165) is 25.3 Å². The quantitative estimate of drug-likeness (QED) is 0.450. The summed E-state index contributed by atoms with van der Waals surface area (Å²) in [5, 5.41) is 6.14. The zero-order valence-corrected chi connectivity index (χ0v) is 12.6. The SMILES string of the molecule is CN=C(NC)NCC1(S(C)=O)CCC1.I. The predicted octanol–water partition coefficient (Wildman–Crippen LogP) is 0.700. The van der Waals surface area contributed by atoms with E-state index >= 15 is 0 Å². The third-order valence-electron chi connectivity index (χ3n) is 2.91. The van der Waals surface area contributed by atoms with Crippen molar-refractivity contribution in [3.63, 3.8) is 0 Å². The van der Waals surface area contributed by atoms with Gasteiger partial charge in [-0.2, -0.15) is 0 Å². The number of halogens is 1. The van der Waals surface area contributed by atoms with E-state index < -0.39 is 10.8 Å². The van der Waals surface area contributed by atoms with Gasteiger partial charge < -0.3 is 10.6 Å². The summed E-state index contributed by atoms with van der Waals surface area (Å²) in [5.74, 6) is 0.765. The smallest absolute Gasteiger partial charge is 0.190 e. The average Bonchev–Trinajstić information content (AvgIpc) is 2.09. The molecule has 0 radical (unpaired) electrons. The van der Waals surface area contributed by atoms with E-state index in [4.69, 9.17) is 0 Å². The maximum absolute atomic E-state index is 11.5. The van der Waals surface area contributed by atoms with Crippen molar-refractivity contribution >= 4 is 40.7 Å². The van der Waals surface area contributed by atoms with E-state index in [-0.39, 0.29) is 28.7 Å². The molecule has 6 heteroatoms. The first-order valence-corrected chi connectivity index (χ1v) is 6.42. The van der Waals surface area contributed by atoms with E-state index in [1.54, 1.807) is 13.3 Å². The van der Waals surface area contributed by atoms with Crippen molar-refractivity contribution in [2.75, 3.05) is 26.9 Å². The third-order valence-corrected chi connectivity index (χ3v) is 4.69. The fourth-order valence-corrected chi connectivity index (χ4v) is 2.80. The fraction of sp³-hybridized carbons (Fsp3) is 0.889. The number of nitrogens with one attached hydrogen (secondary N) is 2. The lowest BCUT2D eigenvalue weighted by Crippen LogP contribution is -2.52. The Morgan fingerprint density at radius 1 is 1.53 bits per heavy atom. The molecule has 1 unspecified atom stereocenters. The molecule has 4 nitrogen and oxygen atoms in total. The Morgan fingerprint density at radius 2 is 2.13 bits per heavy atom. The highest BCUT2D eigenvalue weighted by Crippen LogP contribution is 2.36. The van der Waals surface area contributed by atoms with Crippen molar-refractivity contribution in [1.29, 1.82) is 0 Å². The first-order valence-electron chi connectivity index (χ1n) is 4.86. The van der Waals surface area contributed by atoms with E-state index in [1.807, 2.05) is 7.05 Å². The molecule has 1 saturated carbocycles. The summed E-state index contributed by atoms with van der Waals surface area (Å²) < 4.78 is 11.5. The number of aliphatic imine (C=N–C) groups is 1. The second kappa shape index (κ2) is 6.67. The van der Waals surface area contributed by atoms with Gasteiger partial charge in [0.2, 0.25) is 0 Å². The standard InChI is InChI=1S/C9H19N3OS.HI/c1-10-8(11-2)12-7-9(14(3)13)5-4-6-9;/h4-7H2,1-3H3,(H2,10,11,12);1H. The normalized spacial score (nSPS) is 20.9. The molecule has 0 spiro atoms. The number of hydrogen-bond donors (Lipinski definition) is 2. The van der Waals surface area contributed by atoms with Crippen LogP contribution >= 0.6 is 24.0 Å². The molecule has 0 aromatic heterocycles. The average molecular weight is 345 g/mol. The molecule has 0 aromatic rings.